The van der Waals surface area contributed by atoms with Crippen LogP contribution in [0.25, 0.3) is 0 Å². The van der Waals surface area contributed by atoms with Crippen molar-refractivity contribution in [1.82, 2.24) is 19.7 Å². The lowest BCUT2D eigenvalue weighted by Gasteiger charge is -2.27. The molecule has 2 aliphatic heterocycles. The summed E-state index contributed by atoms with van der Waals surface area (Å²) in [6.07, 6.45) is -0.994. The first-order valence-corrected chi connectivity index (χ1v) is 10.9. The van der Waals surface area contributed by atoms with E-state index in [-0.39, 0.29) is 36.9 Å². The first-order valence-electron chi connectivity index (χ1n) is 10.9. The molecule has 33 heavy (non-hydrogen) atoms. The lowest BCUT2D eigenvalue weighted by Crippen LogP contribution is -2.33. The second kappa shape index (κ2) is 7.76. The standard InChI is InChI=1S/C21H24F3N7O2/c1-20(2,10-25)16-15-18(31(30-16)12-4-3-5-12)29-19-26-6-13(21(22,23)24)17(28-19)27-14-9-32-7-11(14)8-33-15/h6,11-12,14H,3-5,7-9H2,1-2H3,(H2,26,27,28,29)/t11-,14+/m0/s1. The van der Waals surface area contributed by atoms with Gasteiger partial charge in [0.15, 0.2) is 11.6 Å². The fraction of sp³-hybridized carbons (Fsp3) is 0.619. The Kier molecular flexibility index (Phi) is 5.12. The summed E-state index contributed by atoms with van der Waals surface area (Å²) in [6, 6.07) is 1.94. The van der Waals surface area contributed by atoms with Crippen LogP contribution in [0.2, 0.25) is 0 Å². The van der Waals surface area contributed by atoms with Crippen molar-refractivity contribution < 1.29 is 22.6 Å². The lowest BCUT2D eigenvalue weighted by atomic mass is 9.91. The molecule has 3 aliphatic rings. The Hall–Kier alpha value is -3.07. The molecule has 2 N–H and O–H groups in total. The van der Waals surface area contributed by atoms with Crippen LogP contribution in [0.5, 0.6) is 5.75 Å². The molecule has 4 heterocycles. The topological polar surface area (TPSA) is 110 Å². The highest BCUT2D eigenvalue weighted by atomic mass is 19.4. The van der Waals surface area contributed by atoms with Crippen molar-refractivity contribution >= 4 is 17.6 Å². The highest BCUT2D eigenvalue weighted by molar-refractivity contribution is 5.64. The fourth-order valence-electron chi connectivity index (χ4n) is 4.18. The van der Waals surface area contributed by atoms with Crippen molar-refractivity contribution in [2.45, 2.75) is 56.8 Å². The zero-order valence-corrected chi connectivity index (χ0v) is 18.2. The molecule has 2 atom stereocenters. The molecule has 2 fully saturated rings. The van der Waals surface area contributed by atoms with E-state index in [1.54, 1.807) is 18.5 Å². The molecule has 2 bridgehead atoms. The van der Waals surface area contributed by atoms with Crippen LogP contribution in [0, 0.1) is 17.2 Å². The van der Waals surface area contributed by atoms with Crippen LogP contribution < -0.4 is 15.4 Å². The molecule has 1 saturated heterocycles. The van der Waals surface area contributed by atoms with E-state index in [0.717, 1.165) is 25.5 Å². The number of hydrogen-bond acceptors (Lipinski definition) is 8. The number of aromatic nitrogens is 4. The Morgan fingerprint density at radius 3 is 2.67 bits per heavy atom. The van der Waals surface area contributed by atoms with Gasteiger partial charge in [0.2, 0.25) is 5.95 Å². The molecule has 9 nitrogen and oxygen atoms in total. The van der Waals surface area contributed by atoms with E-state index in [0.29, 0.717) is 23.9 Å². The molecule has 176 valence electrons. The van der Waals surface area contributed by atoms with Gasteiger partial charge in [-0.2, -0.15) is 28.5 Å². The van der Waals surface area contributed by atoms with Gasteiger partial charge in [0.25, 0.3) is 0 Å². The molecule has 12 heteroatoms. The average molecular weight is 463 g/mol. The molecule has 5 rings (SSSR count). The van der Waals surface area contributed by atoms with Crippen LogP contribution in [0.1, 0.15) is 50.4 Å². The van der Waals surface area contributed by atoms with Crippen molar-refractivity contribution in [3.63, 3.8) is 0 Å². The van der Waals surface area contributed by atoms with Crippen molar-refractivity contribution in [3.05, 3.63) is 17.5 Å². The number of nitrogens with one attached hydrogen (secondary N) is 2. The van der Waals surface area contributed by atoms with E-state index in [4.69, 9.17) is 14.6 Å². The highest BCUT2D eigenvalue weighted by Gasteiger charge is 2.40. The van der Waals surface area contributed by atoms with Gasteiger partial charge in [0.05, 0.1) is 43.4 Å². The largest absolute Gasteiger partial charge is 0.487 e. The Balaban J connectivity index is 1.67. The lowest BCUT2D eigenvalue weighted by molar-refractivity contribution is -0.137. The number of nitrogens with zero attached hydrogens (tertiary/aromatic N) is 5. The van der Waals surface area contributed by atoms with Crippen molar-refractivity contribution in [2.75, 3.05) is 30.5 Å². The molecule has 0 aromatic carbocycles. The number of hydrogen-bond donors (Lipinski definition) is 2. The Morgan fingerprint density at radius 1 is 1.21 bits per heavy atom. The number of fused-ring (bicyclic) bond motifs is 4. The van der Waals surface area contributed by atoms with E-state index >= 15 is 0 Å². The van der Waals surface area contributed by atoms with Crippen molar-refractivity contribution in [2.24, 2.45) is 5.92 Å². The Labute approximate surface area is 188 Å². The molecule has 0 radical (unpaired) electrons. The van der Waals surface area contributed by atoms with Crippen molar-refractivity contribution in [3.8, 4) is 11.8 Å². The second-order valence-electron chi connectivity index (χ2n) is 9.23. The number of alkyl halides is 3. The third kappa shape index (κ3) is 3.84. The number of halogens is 3. The zero-order chi connectivity index (χ0) is 23.4. The van der Waals surface area contributed by atoms with Crippen LogP contribution in [0.4, 0.5) is 30.8 Å². The van der Waals surface area contributed by atoms with Gasteiger partial charge in [0, 0.05) is 12.1 Å². The fourth-order valence-corrected chi connectivity index (χ4v) is 4.18. The normalized spacial score (nSPS) is 23.0. The van der Waals surface area contributed by atoms with E-state index in [1.165, 1.54) is 0 Å². The SMILES string of the molecule is CC(C)(C#N)c1nn(C2CCC2)c2c1OC[C@@H]1COC[C@H]1Nc1nc(ncc1C(F)(F)F)N2. The van der Waals surface area contributed by atoms with Crippen LogP contribution in [0.15, 0.2) is 6.20 Å². The number of anilines is 3. The Bertz CT molecular complexity index is 1100. The third-order valence-electron chi connectivity index (χ3n) is 6.45. The van der Waals surface area contributed by atoms with Gasteiger partial charge in [-0.15, -0.1) is 0 Å². The summed E-state index contributed by atoms with van der Waals surface area (Å²) in [4.78, 5) is 8.09. The number of nitriles is 1. The second-order valence-corrected chi connectivity index (χ2v) is 9.23. The summed E-state index contributed by atoms with van der Waals surface area (Å²) in [5.74, 6) is 0.290. The highest BCUT2D eigenvalue weighted by Crippen LogP contribution is 2.44. The molecule has 2 aromatic heterocycles. The minimum absolute atomic E-state index is 0.0190. The quantitative estimate of drug-likeness (QED) is 0.693. The van der Waals surface area contributed by atoms with Crippen molar-refractivity contribution in [1.29, 1.82) is 5.26 Å². The number of ether oxygens (including phenoxy) is 2. The van der Waals surface area contributed by atoms with E-state index in [1.807, 2.05) is 0 Å². The molecule has 0 amide bonds. The smallest absolute Gasteiger partial charge is 0.421 e. The molecular formula is C21H24F3N7O2. The van der Waals surface area contributed by atoms with Gasteiger partial charge in [-0.3, -0.25) is 0 Å². The summed E-state index contributed by atoms with van der Waals surface area (Å²) >= 11 is 0. The Morgan fingerprint density at radius 2 is 2.00 bits per heavy atom. The monoisotopic (exact) mass is 463 g/mol. The molecular weight excluding hydrogens is 439 g/mol. The maximum Gasteiger partial charge on any atom is 0.421 e. The van der Waals surface area contributed by atoms with Gasteiger partial charge in [-0.1, -0.05) is 0 Å². The summed E-state index contributed by atoms with van der Waals surface area (Å²) in [7, 11) is 0. The summed E-state index contributed by atoms with van der Waals surface area (Å²) in [6.45, 7) is 4.24. The average Bonchev–Trinajstić information content (AvgIpc) is 3.29. The van der Waals surface area contributed by atoms with Gasteiger partial charge in [-0.05, 0) is 33.1 Å². The summed E-state index contributed by atoms with van der Waals surface area (Å²) < 4.78 is 54.4. The minimum Gasteiger partial charge on any atom is -0.487 e. The predicted octanol–water partition coefficient (Wildman–Crippen LogP) is 3.78. The van der Waals surface area contributed by atoms with Crippen LogP contribution in [-0.4, -0.2) is 45.6 Å². The zero-order valence-electron chi connectivity index (χ0n) is 18.2. The predicted molar refractivity (Wildman–Crippen MR) is 111 cm³/mol. The van der Waals surface area contributed by atoms with Crippen LogP contribution >= 0.6 is 0 Å². The molecule has 2 aromatic rings. The third-order valence-corrected chi connectivity index (χ3v) is 6.45. The van der Waals surface area contributed by atoms with E-state index < -0.39 is 23.2 Å². The molecule has 0 unspecified atom stereocenters. The van der Waals surface area contributed by atoms with E-state index in [2.05, 4.69) is 26.7 Å². The maximum absolute atomic E-state index is 13.6. The van der Waals surface area contributed by atoms with Crippen LogP contribution in [0.3, 0.4) is 0 Å². The van der Waals surface area contributed by atoms with Gasteiger partial charge < -0.3 is 20.1 Å². The molecule has 1 aliphatic carbocycles. The maximum atomic E-state index is 13.6. The minimum atomic E-state index is -4.62. The first kappa shape index (κ1) is 21.8. The summed E-state index contributed by atoms with van der Waals surface area (Å²) in [5, 5.41) is 20.4. The molecule has 1 saturated carbocycles. The first-order chi connectivity index (χ1) is 15.7. The van der Waals surface area contributed by atoms with Gasteiger partial charge in [0.1, 0.15) is 17.1 Å². The van der Waals surface area contributed by atoms with E-state index in [9.17, 15) is 18.4 Å². The van der Waals surface area contributed by atoms with Gasteiger partial charge in [-0.25, -0.2) is 9.67 Å². The molecule has 0 spiro atoms. The van der Waals surface area contributed by atoms with Crippen LogP contribution in [-0.2, 0) is 16.3 Å². The summed E-state index contributed by atoms with van der Waals surface area (Å²) in [5.41, 5.74) is -1.43. The van der Waals surface area contributed by atoms with Gasteiger partial charge >= 0.3 is 6.18 Å². The number of rotatable bonds is 2.